The molecule has 3 heterocycles. The van der Waals surface area contributed by atoms with Gasteiger partial charge in [-0.25, -0.2) is 9.37 Å². The first kappa shape index (κ1) is 22.6. The molecule has 176 valence electrons. The van der Waals surface area contributed by atoms with Gasteiger partial charge in [0.1, 0.15) is 23.4 Å². The Morgan fingerprint density at radius 2 is 2.03 bits per heavy atom. The number of carbonyl (C=O) groups excluding carboxylic acids is 2. The minimum Gasteiger partial charge on any atom is -0.484 e. The molecule has 1 aliphatic heterocycles. The van der Waals surface area contributed by atoms with Crippen molar-refractivity contribution < 1.29 is 23.8 Å². The largest absolute Gasteiger partial charge is 0.484 e. The van der Waals surface area contributed by atoms with Gasteiger partial charge in [-0.15, -0.1) is 0 Å². The second kappa shape index (κ2) is 9.23. The molecule has 1 saturated heterocycles. The van der Waals surface area contributed by atoms with E-state index >= 15 is 0 Å². The Labute approximate surface area is 200 Å². The molecule has 2 fully saturated rings. The third kappa shape index (κ3) is 4.71. The lowest BCUT2D eigenvalue weighted by Crippen LogP contribution is -2.29. The number of nitrogens with zero attached hydrogens (tertiary/aromatic N) is 3. The van der Waals surface area contributed by atoms with Gasteiger partial charge in [0, 0.05) is 30.1 Å². The molecule has 7 nitrogen and oxygen atoms in total. The second-order valence-corrected chi connectivity index (χ2v) is 9.62. The van der Waals surface area contributed by atoms with Gasteiger partial charge in [-0.1, -0.05) is 0 Å². The van der Waals surface area contributed by atoms with E-state index < -0.39 is 11.9 Å². The van der Waals surface area contributed by atoms with Crippen molar-refractivity contribution in [2.75, 3.05) is 13.1 Å². The van der Waals surface area contributed by atoms with Gasteiger partial charge in [0.25, 0.3) is 5.91 Å². The summed E-state index contributed by atoms with van der Waals surface area (Å²) in [5, 5.41) is 9.64. The van der Waals surface area contributed by atoms with Gasteiger partial charge in [0.15, 0.2) is 5.78 Å². The summed E-state index contributed by atoms with van der Waals surface area (Å²) < 4.78 is 25.2. The van der Waals surface area contributed by atoms with Crippen LogP contribution in [0.3, 0.4) is 0 Å². The number of ether oxygens (including phenoxy) is 1. The van der Waals surface area contributed by atoms with Gasteiger partial charge in [-0.3, -0.25) is 9.59 Å². The number of carbonyl (C=O) groups is 2. The molecule has 5 rings (SSSR count). The summed E-state index contributed by atoms with van der Waals surface area (Å²) in [6.45, 7) is 2.60. The predicted molar refractivity (Wildman–Crippen MR) is 124 cm³/mol. The molecule has 1 saturated carbocycles. The van der Waals surface area contributed by atoms with Gasteiger partial charge in [0.05, 0.1) is 22.9 Å². The highest BCUT2D eigenvalue weighted by Gasteiger charge is 2.31. The molecule has 0 spiro atoms. The minimum atomic E-state index is -0.531. The average Bonchev–Trinajstić information content (AvgIpc) is 3.41. The number of halogens is 1. The number of hydrogen-bond donors (Lipinski definition) is 1. The molecule has 0 radical (unpaired) electrons. The van der Waals surface area contributed by atoms with E-state index in [0.29, 0.717) is 35.7 Å². The Balaban J connectivity index is 1.25. The van der Waals surface area contributed by atoms with Crippen molar-refractivity contribution in [3.05, 3.63) is 64.5 Å². The zero-order valence-corrected chi connectivity index (χ0v) is 19.4. The molecule has 2 aliphatic rings. The van der Waals surface area contributed by atoms with Crippen molar-refractivity contribution >= 4 is 23.2 Å². The number of rotatable bonds is 7. The summed E-state index contributed by atoms with van der Waals surface area (Å²) in [5.41, 5.74) is 1.48. The van der Waals surface area contributed by atoms with Crippen LogP contribution in [-0.2, 0) is 0 Å². The van der Waals surface area contributed by atoms with E-state index in [1.54, 1.807) is 36.5 Å². The number of aliphatic hydroxyl groups is 1. The molecule has 1 N–H and O–H groups in total. The van der Waals surface area contributed by atoms with Gasteiger partial charge < -0.3 is 14.7 Å². The lowest BCUT2D eigenvalue weighted by Gasteiger charge is -2.15. The van der Waals surface area contributed by atoms with E-state index in [9.17, 15) is 19.1 Å². The number of pyridine rings is 1. The van der Waals surface area contributed by atoms with E-state index in [4.69, 9.17) is 4.74 Å². The Morgan fingerprint density at radius 1 is 1.21 bits per heavy atom. The Bertz CT molecular complexity index is 1230. The first-order valence-electron chi connectivity index (χ1n) is 11.3. The van der Waals surface area contributed by atoms with Crippen molar-refractivity contribution in [2.45, 2.75) is 38.4 Å². The highest BCUT2D eigenvalue weighted by Crippen LogP contribution is 2.33. The monoisotopic (exact) mass is 481 g/mol. The van der Waals surface area contributed by atoms with Crippen LogP contribution in [-0.4, -0.2) is 50.2 Å². The van der Waals surface area contributed by atoms with E-state index in [-0.39, 0.29) is 35.8 Å². The fourth-order valence-corrected chi connectivity index (χ4v) is 4.70. The summed E-state index contributed by atoms with van der Waals surface area (Å²) in [4.78, 5) is 31.2. The van der Waals surface area contributed by atoms with Crippen LogP contribution in [0.2, 0.25) is 0 Å². The summed E-state index contributed by atoms with van der Waals surface area (Å²) >= 11 is 1.21. The van der Waals surface area contributed by atoms with Crippen LogP contribution in [0.4, 0.5) is 4.39 Å². The van der Waals surface area contributed by atoms with E-state index in [2.05, 4.69) is 9.36 Å². The Kier molecular flexibility index (Phi) is 6.14. The molecule has 2 atom stereocenters. The second-order valence-electron chi connectivity index (χ2n) is 8.78. The molecule has 1 unspecified atom stereocenters. The van der Waals surface area contributed by atoms with Crippen molar-refractivity contribution in [3.8, 4) is 17.0 Å². The van der Waals surface area contributed by atoms with Gasteiger partial charge in [0.2, 0.25) is 0 Å². The summed E-state index contributed by atoms with van der Waals surface area (Å²) in [6.07, 6.45) is 3.08. The average molecular weight is 482 g/mol. The molecule has 1 amide bonds. The highest BCUT2D eigenvalue weighted by molar-refractivity contribution is 7.06. The maximum atomic E-state index is 14.9. The van der Waals surface area contributed by atoms with Gasteiger partial charge >= 0.3 is 0 Å². The van der Waals surface area contributed by atoms with E-state index in [1.807, 2.05) is 6.92 Å². The lowest BCUT2D eigenvalue weighted by molar-refractivity contribution is 0.0764. The maximum Gasteiger partial charge on any atom is 0.254 e. The fraction of sp³-hybridized carbons (Fsp3) is 0.360. The number of β-amino-alcohol motifs (C(OH)–C–C–N with tert-alkyl or cyclic N) is 1. The number of benzene rings is 1. The first-order valence-corrected chi connectivity index (χ1v) is 12.1. The molecule has 2 aromatic heterocycles. The third-order valence-electron chi connectivity index (χ3n) is 6.12. The quantitative estimate of drug-likeness (QED) is 0.507. The van der Waals surface area contributed by atoms with Crippen molar-refractivity contribution in [1.29, 1.82) is 0 Å². The number of hydrogen-bond acceptors (Lipinski definition) is 7. The highest BCUT2D eigenvalue weighted by atomic mass is 32.1. The standard InChI is InChI=1S/C25H24FN3O4S/c1-14(33-18-5-7-21(27-12-18)24(31)15-2-3-15)23-11-22(28-34-23)19-6-4-16(10-20(19)26)25(32)29-9-8-17(30)13-29/h4-7,10-12,14-15,17,30H,2-3,8-9,13H2,1H3/t14?,17-/m1/s1. The number of Topliss-reactive ketones (excluding diaryl/α,β-unsaturated/α-hetero) is 1. The number of amides is 1. The van der Waals surface area contributed by atoms with Gasteiger partial charge in [-0.2, -0.15) is 4.37 Å². The van der Waals surface area contributed by atoms with Crippen LogP contribution >= 0.6 is 11.5 Å². The first-order chi connectivity index (χ1) is 16.4. The van der Waals surface area contributed by atoms with Crippen LogP contribution in [0, 0.1) is 11.7 Å². The Hall–Kier alpha value is -3.17. The molecule has 9 heteroatoms. The molecule has 0 bridgehead atoms. The Morgan fingerprint density at radius 3 is 2.68 bits per heavy atom. The molecule has 34 heavy (non-hydrogen) atoms. The fourth-order valence-electron chi connectivity index (χ4n) is 3.99. The summed E-state index contributed by atoms with van der Waals surface area (Å²) in [7, 11) is 0. The van der Waals surface area contributed by atoms with Crippen LogP contribution in [0.15, 0.2) is 42.6 Å². The van der Waals surface area contributed by atoms with Crippen molar-refractivity contribution in [1.82, 2.24) is 14.3 Å². The van der Waals surface area contributed by atoms with Gasteiger partial charge in [-0.05, 0) is 74.1 Å². The number of aromatic nitrogens is 2. The SMILES string of the molecule is CC(Oc1ccc(C(=O)C2CC2)nc1)c1cc(-c2ccc(C(=O)N3CC[C@@H](O)C3)cc2F)ns1. The van der Waals surface area contributed by atoms with E-state index in [0.717, 1.165) is 17.7 Å². The van der Waals surface area contributed by atoms with Crippen LogP contribution in [0.5, 0.6) is 5.75 Å². The zero-order chi connectivity index (χ0) is 23.8. The lowest BCUT2D eigenvalue weighted by atomic mass is 10.1. The summed E-state index contributed by atoms with van der Waals surface area (Å²) in [6, 6.07) is 9.54. The third-order valence-corrected chi connectivity index (χ3v) is 7.07. The van der Waals surface area contributed by atoms with Crippen LogP contribution in [0.1, 0.15) is 58.0 Å². The molecular formula is C25H24FN3O4S. The maximum absolute atomic E-state index is 14.9. The molecule has 1 aromatic carbocycles. The van der Waals surface area contributed by atoms with E-state index in [1.165, 1.54) is 22.5 Å². The topological polar surface area (TPSA) is 92.6 Å². The van der Waals surface area contributed by atoms with Crippen LogP contribution < -0.4 is 4.74 Å². The number of likely N-dealkylation sites (tertiary alicyclic amines) is 1. The molecular weight excluding hydrogens is 457 g/mol. The number of aliphatic hydroxyl groups excluding tert-OH is 1. The molecule has 1 aliphatic carbocycles. The number of ketones is 1. The zero-order valence-electron chi connectivity index (χ0n) is 18.6. The van der Waals surface area contributed by atoms with Crippen molar-refractivity contribution in [3.63, 3.8) is 0 Å². The predicted octanol–water partition coefficient (Wildman–Crippen LogP) is 4.28. The normalized spacial score (nSPS) is 18.7. The van der Waals surface area contributed by atoms with Crippen molar-refractivity contribution in [2.24, 2.45) is 5.92 Å². The molecule has 3 aromatic rings. The minimum absolute atomic E-state index is 0.0828. The summed E-state index contributed by atoms with van der Waals surface area (Å²) in [5.74, 6) is -0.0811. The smallest absolute Gasteiger partial charge is 0.254 e. The van der Waals surface area contributed by atoms with Crippen LogP contribution in [0.25, 0.3) is 11.3 Å².